The zero-order chi connectivity index (χ0) is 17.0. The van der Waals surface area contributed by atoms with Gasteiger partial charge in [-0.15, -0.1) is 0 Å². The topological polar surface area (TPSA) is 88.7 Å². The minimum absolute atomic E-state index is 0.0320. The molecule has 122 valence electrons. The number of phenolic OH excluding ortho intramolecular Hbond substituents is 1. The number of para-hydroxylation sites is 1. The number of methoxy groups -OCH3 is 1. The number of hydrogen-bond acceptors (Lipinski definition) is 5. The molecule has 0 spiro atoms. The monoisotopic (exact) mass is 380 g/mol. The number of rotatable bonds is 5. The Kier molecular flexibility index (Phi) is 5.38. The Morgan fingerprint density at radius 1 is 1.52 bits per heavy atom. The molecule has 0 saturated heterocycles. The van der Waals surface area contributed by atoms with Crippen LogP contribution in [-0.4, -0.2) is 34.1 Å². The maximum Gasteiger partial charge on any atom is 0.261 e. The molecule has 0 unspecified atom stereocenters. The van der Waals surface area contributed by atoms with Gasteiger partial charge in [-0.05, 0) is 41.9 Å². The summed E-state index contributed by atoms with van der Waals surface area (Å²) in [5, 5.41) is 18.0. The van der Waals surface area contributed by atoms with Gasteiger partial charge in [0.15, 0.2) is 11.5 Å². The summed E-state index contributed by atoms with van der Waals surface area (Å²) in [5.74, 6) is -0.00928. The highest BCUT2D eigenvalue weighted by Crippen LogP contribution is 2.27. The van der Waals surface area contributed by atoms with Gasteiger partial charge in [0.05, 0.1) is 29.2 Å². The molecule has 8 heteroatoms. The highest BCUT2D eigenvalue weighted by molar-refractivity contribution is 9.10. The van der Waals surface area contributed by atoms with Crippen molar-refractivity contribution in [2.45, 2.75) is 20.4 Å². The van der Waals surface area contributed by atoms with Gasteiger partial charge in [-0.2, -0.15) is 10.2 Å². The van der Waals surface area contributed by atoms with Gasteiger partial charge in [0.2, 0.25) is 0 Å². The van der Waals surface area contributed by atoms with Gasteiger partial charge in [0, 0.05) is 5.56 Å². The normalized spacial score (nSPS) is 11.0. The Bertz CT molecular complexity index is 755. The number of phenols is 1. The van der Waals surface area contributed by atoms with Gasteiger partial charge >= 0.3 is 0 Å². The standard InChI is InChI=1S/C15H17BrN4O3/c1-9-14(16)10(2)20(19-9)8-13(21)18-17-7-11-5-4-6-12(23-3)15(11)22/h4-7,22H,8H2,1-3H3,(H,18,21)/b17-7-. The molecular weight excluding hydrogens is 364 g/mol. The first-order valence-corrected chi connectivity index (χ1v) is 7.60. The zero-order valence-corrected chi connectivity index (χ0v) is 14.6. The molecule has 0 radical (unpaired) electrons. The number of aromatic hydroxyl groups is 1. The van der Waals surface area contributed by atoms with Crippen LogP contribution in [0.25, 0.3) is 0 Å². The fourth-order valence-corrected chi connectivity index (χ4v) is 2.27. The Labute approximate surface area is 142 Å². The second kappa shape index (κ2) is 7.28. The van der Waals surface area contributed by atoms with E-state index < -0.39 is 0 Å². The lowest BCUT2D eigenvalue weighted by atomic mass is 10.2. The van der Waals surface area contributed by atoms with Crippen LogP contribution in [0, 0.1) is 13.8 Å². The average molecular weight is 381 g/mol. The number of halogens is 1. The number of nitrogens with zero attached hydrogens (tertiary/aromatic N) is 3. The summed E-state index contributed by atoms with van der Waals surface area (Å²) in [6.07, 6.45) is 1.35. The van der Waals surface area contributed by atoms with Crippen molar-refractivity contribution in [3.63, 3.8) is 0 Å². The Morgan fingerprint density at radius 2 is 2.26 bits per heavy atom. The maximum atomic E-state index is 11.9. The van der Waals surface area contributed by atoms with Crippen LogP contribution in [0.15, 0.2) is 27.8 Å². The molecule has 2 aromatic rings. The predicted molar refractivity (Wildman–Crippen MR) is 89.8 cm³/mol. The summed E-state index contributed by atoms with van der Waals surface area (Å²) >= 11 is 3.41. The van der Waals surface area contributed by atoms with E-state index in [2.05, 4.69) is 31.6 Å². The van der Waals surface area contributed by atoms with Crippen LogP contribution in [0.5, 0.6) is 11.5 Å². The largest absolute Gasteiger partial charge is 0.504 e. The van der Waals surface area contributed by atoms with Crippen molar-refractivity contribution in [3.05, 3.63) is 39.6 Å². The number of aryl methyl sites for hydroxylation is 1. The molecule has 0 aliphatic heterocycles. The zero-order valence-electron chi connectivity index (χ0n) is 13.0. The van der Waals surface area contributed by atoms with Crippen molar-refractivity contribution in [2.75, 3.05) is 7.11 Å². The summed E-state index contributed by atoms with van der Waals surface area (Å²) in [6.45, 7) is 3.78. The molecular formula is C15H17BrN4O3. The number of nitrogens with one attached hydrogen (secondary N) is 1. The SMILES string of the molecule is COc1cccc(/C=N\NC(=O)Cn2nc(C)c(Br)c2C)c1O. The number of carbonyl (C=O) groups excluding carboxylic acids is 1. The summed E-state index contributed by atoms with van der Waals surface area (Å²) in [4.78, 5) is 11.9. The molecule has 1 amide bonds. The molecule has 0 bridgehead atoms. The number of hydrazone groups is 1. The predicted octanol–water partition coefficient (Wildman–Crippen LogP) is 2.13. The van der Waals surface area contributed by atoms with E-state index in [0.29, 0.717) is 11.3 Å². The number of ether oxygens (including phenoxy) is 1. The van der Waals surface area contributed by atoms with Gasteiger partial charge in [-0.25, -0.2) is 5.43 Å². The molecule has 23 heavy (non-hydrogen) atoms. The molecule has 0 saturated carbocycles. The summed E-state index contributed by atoms with van der Waals surface area (Å²) in [6, 6.07) is 5.01. The lowest BCUT2D eigenvalue weighted by molar-refractivity contribution is -0.121. The highest BCUT2D eigenvalue weighted by atomic mass is 79.9. The highest BCUT2D eigenvalue weighted by Gasteiger charge is 2.11. The van der Waals surface area contributed by atoms with Gasteiger partial charge < -0.3 is 9.84 Å². The van der Waals surface area contributed by atoms with Crippen molar-refractivity contribution in [2.24, 2.45) is 5.10 Å². The first kappa shape index (κ1) is 17.0. The van der Waals surface area contributed by atoms with Crippen molar-refractivity contribution in [1.82, 2.24) is 15.2 Å². The van der Waals surface area contributed by atoms with Crippen LogP contribution >= 0.6 is 15.9 Å². The molecule has 2 rings (SSSR count). The van der Waals surface area contributed by atoms with E-state index in [-0.39, 0.29) is 18.2 Å². The molecule has 1 heterocycles. The summed E-state index contributed by atoms with van der Waals surface area (Å²) < 4.78 is 7.48. The number of amides is 1. The van der Waals surface area contributed by atoms with E-state index in [1.807, 2.05) is 13.8 Å². The van der Waals surface area contributed by atoms with Crippen LogP contribution in [0.1, 0.15) is 17.0 Å². The lowest BCUT2D eigenvalue weighted by Gasteiger charge is -2.05. The van der Waals surface area contributed by atoms with Crippen LogP contribution in [0.2, 0.25) is 0 Å². The fourth-order valence-electron chi connectivity index (χ4n) is 1.98. The second-order valence-corrected chi connectivity index (χ2v) is 5.63. The summed E-state index contributed by atoms with van der Waals surface area (Å²) in [7, 11) is 1.46. The molecule has 0 aliphatic carbocycles. The second-order valence-electron chi connectivity index (χ2n) is 4.83. The fraction of sp³-hybridized carbons (Fsp3) is 0.267. The average Bonchev–Trinajstić information content (AvgIpc) is 2.76. The molecule has 1 aromatic heterocycles. The Hall–Kier alpha value is -2.35. The van der Waals surface area contributed by atoms with Gasteiger partial charge in [0.25, 0.3) is 5.91 Å². The minimum Gasteiger partial charge on any atom is -0.504 e. The van der Waals surface area contributed by atoms with E-state index in [9.17, 15) is 9.90 Å². The maximum absolute atomic E-state index is 11.9. The number of hydrogen-bond donors (Lipinski definition) is 2. The molecule has 7 nitrogen and oxygen atoms in total. The van der Waals surface area contributed by atoms with Gasteiger partial charge in [-0.1, -0.05) is 6.07 Å². The third kappa shape index (κ3) is 3.89. The first-order chi connectivity index (χ1) is 10.9. The summed E-state index contributed by atoms with van der Waals surface area (Å²) in [5.41, 5.74) is 4.53. The lowest BCUT2D eigenvalue weighted by Crippen LogP contribution is -2.24. The van der Waals surface area contributed by atoms with Gasteiger partial charge in [0.1, 0.15) is 6.54 Å². The van der Waals surface area contributed by atoms with E-state index in [1.54, 1.807) is 22.9 Å². The quantitative estimate of drug-likeness (QED) is 0.614. The molecule has 0 fully saturated rings. The Morgan fingerprint density at radius 3 is 2.87 bits per heavy atom. The van der Waals surface area contributed by atoms with Crippen LogP contribution in [0.3, 0.4) is 0 Å². The van der Waals surface area contributed by atoms with E-state index >= 15 is 0 Å². The molecule has 1 aromatic carbocycles. The van der Waals surface area contributed by atoms with Crippen molar-refractivity contribution >= 4 is 28.1 Å². The molecule has 0 atom stereocenters. The van der Waals surface area contributed by atoms with Crippen LogP contribution in [-0.2, 0) is 11.3 Å². The smallest absolute Gasteiger partial charge is 0.261 e. The minimum atomic E-state index is -0.318. The van der Waals surface area contributed by atoms with Crippen molar-refractivity contribution in [1.29, 1.82) is 0 Å². The number of aromatic nitrogens is 2. The van der Waals surface area contributed by atoms with E-state index in [0.717, 1.165) is 15.9 Å². The number of benzene rings is 1. The van der Waals surface area contributed by atoms with Crippen molar-refractivity contribution in [3.8, 4) is 11.5 Å². The third-order valence-electron chi connectivity index (χ3n) is 3.23. The van der Waals surface area contributed by atoms with Gasteiger partial charge in [-0.3, -0.25) is 9.48 Å². The first-order valence-electron chi connectivity index (χ1n) is 6.81. The molecule has 2 N–H and O–H groups in total. The van der Waals surface area contributed by atoms with E-state index in [1.165, 1.54) is 13.3 Å². The van der Waals surface area contributed by atoms with Crippen LogP contribution < -0.4 is 10.2 Å². The van der Waals surface area contributed by atoms with Crippen LogP contribution in [0.4, 0.5) is 0 Å². The molecule has 0 aliphatic rings. The Balaban J connectivity index is 2.00. The third-order valence-corrected chi connectivity index (χ3v) is 4.38. The van der Waals surface area contributed by atoms with E-state index in [4.69, 9.17) is 4.74 Å². The number of carbonyl (C=O) groups is 1. The van der Waals surface area contributed by atoms with Crippen molar-refractivity contribution < 1.29 is 14.6 Å².